The standard InChI is InChI=1S/C15H22N2OS/c1-17-9-7-12(8-10-17)11-15(18)16-13-5-3-4-6-14(13)19-2/h3-6,12H,7-11H2,1-2H3,(H,16,18). The van der Waals surface area contributed by atoms with E-state index in [1.807, 2.05) is 30.5 Å². The molecule has 0 aliphatic carbocycles. The average molecular weight is 278 g/mol. The van der Waals surface area contributed by atoms with Crippen molar-refractivity contribution in [3.63, 3.8) is 0 Å². The van der Waals surface area contributed by atoms with Gasteiger partial charge < -0.3 is 10.2 Å². The van der Waals surface area contributed by atoms with E-state index in [1.54, 1.807) is 11.8 Å². The number of hydrogen-bond acceptors (Lipinski definition) is 3. The first-order valence-corrected chi connectivity index (χ1v) is 8.03. The largest absolute Gasteiger partial charge is 0.325 e. The van der Waals surface area contributed by atoms with Gasteiger partial charge in [-0.3, -0.25) is 4.79 Å². The Bertz CT molecular complexity index is 428. The van der Waals surface area contributed by atoms with E-state index in [0.29, 0.717) is 12.3 Å². The van der Waals surface area contributed by atoms with Crippen LogP contribution in [0.3, 0.4) is 0 Å². The molecule has 0 bridgehead atoms. The molecule has 0 spiro atoms. The van der Waals surface area contributed by atoms with Crippen molar-refractivity contribution in [3.8, 4) is 0 Å². The molecule has 1 fully saturated rings. The predicted molar refractivity (Wildman–Crippen MR) is 81.7 cm³/mol. The first kappa shape index (κ1) is 14.4. The minimum Gasteiger partial charge on any atom is -0.325 e. The Kier molecular flexibility index (Phi) is 5.28. The lowest BCUT2D eigenvalue weighted by atomic mass is 9.93. The molecular formula is C15H22N2OS. The Balaban J connectivity index is 1.87. The number of carbonyl (C=O) groups excluding carboxylic acids is 1. The molecular weight excluding hydrogens is 256 g/mol. The first-order valence-electron chi connectivity index (χ1n) is 6.80. The van der Waals surface area contributed by atoms with Crippen molar-refractivity contribution in [1.82, 2.24) is 4.90 Å². The summed E-state index contributed by atoms with van der Waals surface area (Å²) >= 11 is 1.66. The Hall–Kier alpha value is -1.00. The molecule has 19 heavy (non-hydrogen) atoms. The lowest BCUT2D eigenvalue weighted by Crippen LogP contribution is -2.31. The van der Waals surface area contributed by atoms with Crippen molar-refractivity contribution in [1.29, 1.82) is 0 Å². The average Bonchev–Trinajstić information content (AvgIpc) is 2.42. The van der Waals surface area contributed by atoms with E-state index >= 15 is 0 Å². The summed E-state index contributed by atoms with van der Waals surface area (Å²) in [5, 5.41) is 3.05. The summed E-state index contributed by atoms with van der Waals surface area (Å²) in [6.45, 7) is 2.22. The van der Waals surface area contributed by atoms with Crippen LogP contribution < -0.4 is 5.32 Å². The summed E-state index contributed by atoms with van der Waals surface area (Å²) in [4.78, 5) is 15.6. The van der Waals surface area contributed by atoms with Gasteiger partial charge in [0.05, 0.1) is 5.69 Å². The Morgan fingerprint density at radius 1 is 1.37 bits per heavy atom. The maximum absolute atomic E-state index is 12.1. The second-order valence-electron chi connectivity index (χ2n) is 5.20. The van der Waals surface area contributed by atoms with Crippen molar-refractivity contribution in [2.75, 3.05) is 31.7 Å². The van der Waals surface area contributed by atoms with E-state index in [1.165, 1.54) is 0 Å². The number of carbonyl (C=O) groups is 1. The summed E-state index contributed by atoms with van der Waals surface area (Å²) < 4.78 is 0. The summed E-state index contributed by atoms with van der Waals surface area (Å²) in [6, 6.07) is 7.97. The van der Waals surface area contributed by atoms with E-state index in [2.05, 4.69) is 17.3 Å². The number of hydrogen-bond donors (Lipinski definition) is 1. The molecule has 0 unspecified atom stereocenters. The van der Waals surface area contributed by atoms with Crippen LogP contribution in [0.1, 0.15) is 19.3 Å². The molecule has 1 aliphatic heterocycles. The van der Waals surface area contributed by atoms with Crippen LogP contribution in [0.5, 0.6) is 0 Å². The monoisotopic (exact) mass is 278 g/mol. The van der Waals surface area contributed by atoms with Gasteiger partial charge in [-0.2, -0.15) is 0 Å². The molecule has 0 radical (unpaired) electrons. The zero-order valence-corrected chi connectivity index (χ0v) is 12.5. The number of thioether (sulfide) groups is 1. The molecule has 1 aromatic carbocycles. The van der Waals surface area contributed by atoms with Gasteiger partial charge in [-0.25, -0.2) is 0 Å². The lowest BCUT2D eigenvalue weighted by Gasteiger charge is -2.28. The van der Waals surface area contributed by atoms with Crippen LogP contribution in [0, 0.1) is 5.92 Å². The Labute approximate surface area is 119 Å². The minimum absolute atomic E-state index is 0.149. The fourth-order valence-corrected chi connectivity index (χ4v) is 3.03. The molecule has 1 heterocycles. The van der Waals surface area contributed by atoms with Crippen molar-refractivity contribution >= 4 is 23.4 Å². The molecule has 3 nitrogen and oxygen atoms in total. The fourth-order valence-electron chi connectivity index (χ4n) is 2.48. The molecule has 1 aliphatic rings. The maximum Gasteiger partial charge on any atom is 0.224 e. The third-order valence-electron chi connectivity index (χ3n) is 3.69. The number of piperidine rings is 1. The molecule has 0 saturated carbocycles. The van der Waals surface area contributed by atoms with Gasteiger partial charge in [-0.1, -0.05) is 12.1 Å². The zero-order chi connectivity index (χ0) is 13.7. The SMILES string of the molecule is CSc1ccccc1NC(=O)CC1CCN(C)CC1. The highest BCUT2D eigenvalue weighted by Crippen LogP contribution is 2.26. The highest BCUT2D eigenvalue weighted by Gasteiger charge is 2.19. The van der Waals surface area contributed by atoms with Gasteiger partial charge >= 0.3 is 0 Å². The van der Waals surface area contributed by atoms with Gasteiger partial charge in [-0.05, 0) is 57.3 Å². The molecule has 2 rings (SSSR count). The van der Waals surface area contributed by atoms with Crippen molar-refractivity contribution in [2.45, 2.75) is 24.2 Å². The van der Waals surface area contributed by atoms with E-state index in [0.717, 1.165) is 36.5 Å². The number of likely N-dealkylation sites (tertiary alicyclic amines) is 1. The van der Waals surface area contributed by atoms with E-state index in [-0.39, 0.29) is 5.91 Å². The smallest absolute Gasteiger partial charge is 0.224 e. The summed E-state index contributed by atoms with van der Waals surface area (Å²) in [5.41, 5.74) is 0.938. The fraction of sp³-hybridized carbons (Fsp3) is 0.533. The van der Waals surface area contributed by atoms with E-state index in [9.17, 15) is 4.79 Å². The summed E-state index contributed by atoms with van der Waals surface area (Å²) in [7, 11) is 2.14. The third kappa shape index (κ3) is 4.25. The van der Waals surface area contributed by atoms with Crippen LogP contribution in [0.2, 0.25) is 0 Å². The third-order valence-corrected chi connectivity index (χ3v) is 4.49. The van der Waals surface area contributed by atoms with Crippen molar-refractivity contribution < 1.29 is 4.79 Å². The van der Waals surface area contributed by atoms with Crippen molar-refractivity contribution in [3.05, 3.63) is 24.3 Å². The van der Waals surface area contributed by atoms with Gasteiger partial charge in [0, 0.05) is 11.3 Å². The van der Waals surface area contributed by atoms with Crippen LogP contribution in [-0.4, -0.2) is 37.2 Å². The number of anilines is 1. The number of para-hydroxylation sites is 1. The van der Waals surface area contributed by atoms with Crippen LogP contribution in [-0.2, 0) is 4.79 Å². The second-order valence-corrected chi connectivity index (χ2v) is 6.05. The Morgan fingerprint density at radius 2 is 2.05 bits per heavy atom. The number of nitrogens with one attached hydrogen (secondary N) is 1. The molecule has 1 N–H and O–H groups in total. The summed E-state index contributed by atoms with van der Waals surface area (Å²) in [6.07, 6.45) is 4.95. The van der Waals surface area contributed by atoms with Crippen LogP contribution in [0.15, 0.2) is 29.2 Å². The van der Waals surface area contributed by atoms with Gasteiger partial charge in [0.2, 0.25) is 5.91 Å². The number of benzene rings is 1. The van der Waals surface area contributed by atoms with Crippen LogP contribution in [0.25, 0.3) is 0 Å². The molecule has 4 heteroatoms. The first-order chi connectivity index (χ1) is 9.19. The van der Waals surface area contributed by atoms with Gasteiger partial charge in [0.1, 0.15) is 0 Å². The maximum atomic E-state index is 12.1. The number of nitrogens with zero attached hydrogens (tertiary/aromatic N) is 1. The minimum atomic E-state index is 0.149. The molecule has 0 aromatic heterocycles. The zero-order valence-electron chi connectivity index (χ0n) is 11.7. The summed E-state index contributed by atoms with van der Waals surface area (Å²) in [5.74, 6) is 0.689. The van der Waals surface area contributed by atoms with Crippen molar-refractivity contribution in [2.24, 2.45) is 5.92 Å². The number of rotatable bonds is 4. The van der Waals surface area contributed by atoms with Gasteiger partial charge in [0.25, 0.3) is 0 Å². The normalized spacial score (nSPS) is 17.4. The molecule has 1 saturated heterocycles. The van der Waals surface area contributed by atoms with Gasteiger partial charge in [0.15, 0.2) is 0 Å². The van der Waals surface area contributed by atoms with Crippen LogP contribution in [0.4, 0.5) is 5.69 Å². The quantitative estimate of drug-likeness (QED) is 0.859. The molecule has 1 aromatic rings. The molecule has 1 amide bonds. The molecule has 0 atom stereocenters. The lowest BCUT2D eigenvalue weighted by molar-refractivity contribution is -0.117. The Morgan fingerprint density at radius 3 is 2.74 bits per heavy atom. The number of amides is 1. The second kappa shape index (κ2) is 6.96. The predicted octanol–water partition coefficient (Wildman–Crippen LogP) is 3.08. The van der Waals surface area contributed by atoms with Gasteiger partial charge in [-0.15, -0.1) is 11.8 Å². The molecule has 104 valence electrons. The topological polar surface area (TPSA) is 32.3 Å². The van der Waals surface area contributed by atoms with E-state index in [4.69, 9.17) is 0 Å². The van der Waals surface area contributed by atoms with E-state index < -0.39 is 0 Å². The highest BCUT2D eigenvalue weighted by atomic mass is 32.2. The van der Waals surface area contributed by atoms with Crippen LogP contribution >= 0.6 is 11.8 Å². The highest BCUT2D eigenvalue weighted by molar-refractivity contribution is 7.98.